The molecule has 2 rings (SSSR count). The summed E-state index contributed by atoms with van der Waals surface area (Å²) >= 11 is 5.83. The van der Waals surface area contributed by atoms with Crippen LogP contribution in [0, 0.1) is 15.9 Å². The van der Waals surface area contributed by atoms with E-state index in [1.54, 1.807) is 0 Å². The molecule has 0 bridgehead atoms. The summed E-state index contributed by atoms with van der Waals surface area (Å²) in [5.74, 6) is -1.97. The lowest BCUT2D eigenvalue weighted by atomic mass is 10.2. The Labute approximate surface area is 140 Å². The average Bonchev–Trinajstić information content (AvgIpc) is 2.55. The Morgan fingerprint density at radius 1 is 1.21 bits per heavy atom. The molecule has 2 aromatic rings. The molecule has 0 spiro atoms. The normalized spacial score (nSPS) is 10.1. The first-order chi connectivity index (χ1) is 11.4. The van der Waals surface area contributed by atoms with Gasteiger partial charge in [0.25, 0.3) is 11.6 Å². The summed E-state index contributed by atoms with van der Waals surface area (Å²) in [6, 6.07) is 8.15. The second-order valence-corrected chi connectivity index (χ2v) is 4.96. The number of ether oxygens (including phenoxy) is 1. The predicted molar refractivity (Wildman–Crippen MR) is 83.4 cm³/mol. The summed E-state index contributed by atoms with van der Waals surface area (Å²) in [6.07, 6.45) is 0. The van der Waals surface area contributed by atoms with Gasteiger partial charge in [0.15, 0.2) is 6.61 Å². The van der Waals surface area contributed by atoms with E-state index in [0.717, 1.165) is 18.2 Å². The van der Waals surface area contributed by atoms with Gasteiger partial charge in [-0.25, -0.2) is 9.18 Å². The zero-order valence-electron chi connectivity index (χ0n) is 12.0. The van der Waals surface area contributed by atoms with Crippen LogP contribution in [0.3, 0.4) is 0 Å². The Hall–Kier alpha value is -3.00. The molecule has 0 aliphatic carbocycles. The zero-order valence-corrected chi connectivity index (χ0v) is 12.7. The molecule has 0 fully saturated rings. The van der Waals surface area contributed by atoms with Gasteiger partial charge in [-0.15, -0.1) is 0 Å². The number of hydrogen-bond donors (Lipinski definition) is 1. The minimum Gasteiger partial charge on any atom is -0.452 e. The first kappa shape index (κ1) is 17.4. The van der Waals surface area contributed by atoms with E-state index in [1.807, 2.05) is 0 Å². The van der Waals surface area contributed by atoms with Crippen LogP contribution in [0.25, 0.3) is 0 Å². The predicted octanol–water partition coefficient (Wildman–Crippen LogP) is 3.18. The van der Waals surface area contributed by atoms with Gasteiger partial charge < -0.3 is 10.1 Å². The van der Waals surface area contributed by atoms with E-state index in [1.165, 1.54) is 24.3 Å². The number of anilines is 1. The van der Waals surface area contributed by atoms with E-state index in [9.17, 15) is 24.1 Å². The number of benzene rings is 2. The van der Waals surface area contributed by atoms with Gasteiger partial charge in [-0.1, -0.05) is 11.6 Å². The monoisotopic (exact) mass is 352 g/mol. The average molecular weight is 353 g/mol. The summed E-state index contributed by atoms with van der Waals surface area (Å²) in [5, 5.41) is 12.9. The number of nitrogens with one attached hydrogen (secondary N) is 1. The van der Waals surface area contributed by atoms with Crippen LogP contribution >= 0.6 is 11.6 Å². The molecular weight excluding hydrogens is 343 g/mol. The molecule has 0 aliphatic heterocycles. The van der Waals surface area contributed by atoms with Gasteiger partial charge in [-0.05, 0) is 30.3 Å². The van der Waals surface area contributed by atoms with Gasteiger partial charge in [0.05, 0.1) is 21.2 Å². The van der Waals surface area contributed by atoms with E-state index in [0.29, 0.717) is 0 Å². The van der Waals surface area contributed by atoms with Crippen molar-refractivity contribution >= 4 is 34.9 Å². The van der Waals surface area contributed by atoms with Crippen LogP contribution in [-0.2, 0) is 9.53 Å². The van der Waals surface area contributed by atoms with Crippen molar-refractivity contribution in [3.8, 4) is 0 Å². The molecule has 1 amide bonds. The Kier molecular flexibility index (Phi) is 5.43. The van der Waals surface area contributed by atoms with Crippen molar-refractivity contribution in [1.82, 2.24) is 0 Å². The molecule has 0 radical (unpaired) electrons. The molecule has 0 saturated heterocycles. The highest BCUT2D eigenvalue weighted by atomic mass is 35.5. The van der Waals surface area contributed by atoms with Crippen molar-refractivity contribution in [2.24, 2.45) is 0 Å². The molecule has 0 saturated carbocycles. The molecule has 0 atom stereocenters. The molecule has 24 heavy (non-hydrogen) atoms. The summed E-state index contributed by atoms with van der Waals surface area (Å²) in [7, 11) is 0. The second kappa shape index (κ2) is 7.51. The van der Waals surface area contributed by atoms with Crippen molar-refractivity contribution < 1.29 is 23.6 Å². The third kappa shape index (κ3) is 4.50. The van der Waals surface area contributed by atoms with Gasteiger partial charge in [-0.2, -0.15) is 0 Å². The molecule has 2 aromatic carbocycles. The number of hydrogen-bond acceptors (Lipinski definition) is 5. The summed E-state index contributed by atoms with van der Waals surface area (Å²) in [6.45, 7) is -0.594. The number of carbonyl (C=O) groups is 2. The van der Waals surface area contributed by atoms with Gasteiger partial charge in [0, 0.05) is 12.1 Å². The molecule has 0 aliphatic rings. The van der Waals surface area contributed by atoms with Crippen LogP contribution in [0.2, 0.25) is 5.02 Å². The maximum atomic E-state index is 12.8. The fourth-order valence-electron chi connectivity index (χ4n) is 1.71. The third-order valence-corrected chi connectivity index (χ3v) is 3.16. The van der Waals surface area contributed by atoms with Crippen molar-refractivity contribution in [2.75, 3.05) is 11.9 Å². The molecule has 0 unspecified atom stereocenters. The number of halogens is 2. The van der Waals surface area contributed by atoms with Crippen LogP contribution in [0.4, 0.5) is 15.8 Å². The van der Waals surface area contributed by atoms with Gasteiger partial charge in [-0.3, -0.25) is 14.9 Å². The molecule has 7 nitrogen and oxygen atoms in total. The number of amides is 1. The van der Waals surface area contributed by atoms with Crippen LogP contribution in [0.5, 0.6) is 0 Å². The van der Waals surface area contributed by atoms with Crippen molar-refractivity contribution in [3.63, 3.8) is 0 Å². The maximum Gasteiger partial charge on any atom is 0.338 e. The number of non-ortho nitro benzene ring substituents is 1. The first-order valence-corrected chi connectivity index (χ1v) is 6.91. The Balaban J connectivity index is 1.92. The second-order valence-electron chi connectivity index (χ2n) is 4.55. The SMILES string of the molecule is O=C(COC(=O)c1ccc(F)cc1)Nc1ccc([N+](=O)[O-])cc1Cl. The smallest absolute Gasteiger partial charge is 0.338 e. The lowest BCUT2D eigenvalue weighted by molar-refractivity contribution is -0.384. The van der Waals surface area contributed by atoms with Crippen LogP contribution in [-0.4, -0.2) is 23.4 Å². The number of carbonyl (C=O) groups excluding carboxylic acids is 2. The van der Waals surface area contributed by atoms with Crippen LogP contribution in [0.1, 0.15) is 10.4 Å². The van der Waals surface area contributed by atoms with Crippen molar-refractivity contribution in [1.29, 1.82) is 0 Å². The van der Waals surface area contributed by atoms with Crippen LogP contribution in [0.15, 0.2) is 42.5 Å². The van der Waals surface area contributed by atoms with Crippen LogP contribution < -0.4 is 5.32 Å². The molecule has 0 heterocycles. The topological polar surface area (TPSA) is 98.5 Å². The Morgan fingerprint density at radius 3 is 2.46 bits per heavy atom. The summed E-state index contributed by atoms with van der Waals surface area (Å²) < 4.78 is 17.5. The van der Waals surface area contributed by atoms with Crippen molar-refractivity contribution in [3.05, 3.63) is 69.0 Å². The lowest BCUT2D eigenvalue weighted by Gasteiger charge is -2.08. The highest BCUT2D eigenvalue weighted by Gasteiger charge is 2.14. The first-order valence-electron chi connectivity index (χ1n) is 6.53. The highest BCUT2D eigenvalue weighted by Crippen LogP contribution is 2.26. The van der Waals surface area contributed by atoms with E-state index in [2.05, 4.69) is 5.32 Å². The number of esters is 1. The minimum absolute atomic E-state index is 0.0255. The molecule has 1 N–H and O–H groups in total. The van der Waals surface area contributed by atoms with E-state index in [4.69, 9.17) is 16.3 Å². The van der Waals surface area contributed by atoms with Gasteiger partial charge >= 0.3 is 5.97 Å². The Bertz CT molecular complexity index is 795. The number of nitro benzene ring substituents is 1. The molecule has 0 aromatic heterocycles. The molecule has 124 valence electrons. The number of nitrogens with zero attached hydrogens (tertiary/aromatic N) is 1. The van der Waals surface area contributed by atoms with E-state index >= 15 is 0 Å². The fraction of sp³-hybridized carbons (Fsp3) is 0.0667. The zero-order chi connectivity index (χ0) is 17.7. The molecule has 9 heteroatoms. The highest BCUT2D eigenvalue weighted by molar-refractivity contribution is 6.34. The number of rotatable bonds is 5. The van der Waals surface area contributed by atoms with E-state index in [-0.39, 0.29) is 22.0 Å². The number of nitro groups is 1. The molecular formula is C15H10ClFN2O5. The summed E-state index contributed by atoms with van der Waals surface area (Å²) in [4.78, 5) is 33.4. The van der Waals surface area contributed by atoms with E-state index < -0.39 is 29.2 Å². The standard InChI is InChI=1S/C15H10ClFN2O5/c16-12-7-11(19(22)23)5-6-13(12)18-14(20)8-24-15(21)9-1-3-10(17)4-2-9/h1-7H,8H2,(H,18,20). The largest absolute Gasteiger partial charge is 0.452 e. The summed E-state index contributed by atoms with van der Waals surface area (Å²) in [5.41, 5.74) is 0.0170. The quantitative estimate of drug-likeness (QED) is 0.506. The maximum absolute atomic E-state index is 12.8. The fourth-order valence-corrected chi connectivity index (χ4v) is 1.93. The van der Waals surface area contributed by atoms with Gasteiger partial charge in [0.1, 0.15) is 5.82 Å². The minimum atomic E-state index is -0.792. The lowest BCUT2D eigenvalue weighted by Crippen LogP contribution is -2.21. The third-order valence-electron chi connectivity index (χ3n) is 2.85. The Morgan fingerprint density at radius 2 is 1.88 bits per heavy atom. The van der Waals surface area contributed by atoms with Gasteiger partial charge in [0.2, 0.25) is 0 Å². The van der Waals surface area contributed by atoms with Crippen molar-refractivity contribution in [2.45, 2.75) is 0 Å².